The molecule has 0 saturated carbocycles. The Bertz CT molecular complexity index is 1110. The number of nitriles is 1. The van der Waals surface area contributed by atoms with Crippen LogP contribution in [0.3, 0.4) is 0 Å². The second-order valence-electron chi connectivity index (χ2n) is 5.96. The van der Waals surface area contributed by atoms with Crippen LogP contribution in [0.25, 0.3) is 5.69 Å². The summed E-state index contributed by atoms with van der Waals surface area (Å²) in [6.45, 7) is 3.78. The van der Waals surface area contributed by atoms with E-state index in [2.05, 4.69) is 25.5 Å². The highest BCUT2D eigenvalue weighted by atomic mass is 16.3. The number of hydrogen-bond acceptors (Lipinski definition) is 7. The third-order valence-electron chi connectivity index (χ3n) is 3.85. The topological polar surface area (TPSA) is 152 Å². The molecule has 2 aromatic heterocycles. The lowest BCUT2D eigenvalue weighted by Gasteiger charge is -2.03. The van der Waals surface area contributed by atoms with E-state index in [0.29, 0.717) is 23.2 Å². The Labute approximate surface area is 152 Å². The Balaban J connectivity index is 1.98. The van der Waals surface area contributed by atoms with Gasteiger partial charge < -0.3 is 5.11 Å². The largest absolute Gasteiger partial charge is 0.492 e. The first-order valence-corrected chi connectivity index (χ1v) is 7.96. The Kier molecular flexibility index (Phi) is 4.68. The monoisotopic (exact) mass is 365 g/mol. The van der Waals surface area contributed by atoms with E-state index in [9.17, 15) is 20.0 Å². The van der Waals surface area contributed by atoms with E-state index >= 15 is 0 Å². The van der Waals surface area contributed by atoms with E-state index < -0.39 is 11.4 Å². The first kappa shape index (κ1) is 17.8. The molecule has 1 aromatic carbocycles. The average Bonchev–Trinajstić information content (AvgIpc) is 3.21. The number of nitrogens with zero attached hydrogens (tertiary/aromatic N) is 5. The Morgan fingerprint density at radius 2 is 2.00 bits per heavy atom. The maximum absolute atomic E-state index is 12.1. The highest BCUT2D eigenvalue weighted by molar-refractivity contribution is 5.75. The van der Waals surface area contributed by atoms with Gasteiger partial charge in [0.05, 0.1) is 11.4 Å². The number of rotatable bonds is 5. The van der Waals surface area contributed by atoms with Crippen molar-refractivity contribution in [1.82, 2.24) is 20.0 Å². The van der Waals surface area contributed by atoms with Gasteiger partial charge in [-0.3, -0.25) is 19.8 Å². The third kappa shape index (κ3) is 3.25. The smallest absolute Gasteiger partial charge is 0.296 e. The number of hydrogen-bond donors (Lipinski definition) is 3. The van der Waals surface area contributed by atoms with E-state index in [-0.39, 0.29) is 23.0 Å². The minimum atomic E-state index is -0.672. The van der Waals surface area contributed by atoms with Crippen LogP contribution in [0.2, 0.25) is 0 Å². The van der Waals surface area contributed by atoms with Gasteiger partial charge in [-0.1, -0.05) is 13.8 Å². The van der Waals surface area contributed by atoms with E-state index in [1.54, 1.807) is 12.1 Å². The summed E-state index contributed by atoms with van der Waals surface area (Å²) in [5.74, 6) is -0.396. The van der Waals surface area contributed by atoms with Crippen molar-refractivity contribution in [1.29, 1.82) is 5.26 Å². The molecule has 27 heavy (non-hydrogen) atoms. The summed E-state index contributed by atoms with van der Waals surface area (Å²) in [5.41, 5.74) is 0.722. The molecule has 0 spiro atoms. The maximum Gasteiger partial charge on any atom is 0.296 e. The summed E-state index contributed by atoms with van der Waals surface area (Å²) < 4.78 is 1.11. The minimum Gasteiger partial charge on any atom is -0.492 e. The van der Waals surface area contributed by atoms with Crippen molar-refractivity contribution in [2.75, 3.05) is 0 Å². The lowest BCUT2D eigenvalue weighted by molar-refractivity contribution is 0.112. The van der Waals surface area contributed by atoms with Gasteiger partial charge in [0.1, 0.15) is 17.9 Å². The van der Waals surface area contributed by atoms with Crippen LogP contribution in [0.1, 0.15) is 41.4 Å². The van der Waals surface area contributed by atoms with Gasteiger partial charge >= 0.3 is 0 Å². The minimum absolute atomic E-state index is 0.0306. The van der Waals surface area contributed by atoms with Crippen molar-refractivity contribution < 1.29 is 9.90 Å². The molecular weight excluding hydrogens is 350 g/mol. The molecule has 0 unspecified atom stereocenters. The number of aromatic nitrogens is 4. The van der Waals surface area contributed by atoms with Gasteiger partial charge in [-0.25, -0.2) is 4.68 Å². The molecule has 3 N–H and O–H groups in total. The van der Waals surface area contributed by atoms with Crippen molar-refractivity contribution in [3.05, 3.63) is 51.4 Å². The number of aromatic amines is 2. The molecule has 0 aliphatic rings. The number of nitrogens with one attached hydrogen (secondary N) is 2. The second kappa shape index (κ2) is 7.09. The van der Waals surface area contributed by atoms with Crippen LogP contribution in [0.15, 0.2) is 39.3 Å². The van der Waals surface area contributed by atoms with Crippen LogP contribution in [0.4, 0.5) is 11.5 Å². The third-order valence-corrected chi connectivity index (χ3v) is 3.85. The SMILES string of the molecule is CC(C)c1[nH]nc(N=Nc2c(O)n(-c3ccc(C=O)cc3)[nH]c2=O)c1C#N. The predicted molar refractivity (Wildman–Crippen MR) is 95.0 cm³/mol. The van der Waals surface area contributed by atoms with Crippen LogP contribution < -0.4 is 5.56 Å². The zero-order chi connectivity index (χ0) is 19.6. The number of aldehydes is 1. The lowest BCUT2D eigenvalue weighted by Crippen LogP contribution is -2.03. The fraction of sp³-hybridized carbons (Fsp3) is 0.176. The molecule has 0 aliphatic heterocycles. The molecule has 0 aliphatic carbocycles. The van der Waals surface area contributed by atoms with E-state index in [1.165, 1.54) is 12.1 Å². The molecule has 0 radical (unpaired) electrons. The average molecular weight is 365 g/mol. The van der Waals surface area contributed by atoms with Gasteiger partial charge in [0.2, 0.25) is 17.4 Å². The quantitative estimate of drug-likeness (QED) is 0.469. The van der Waals surface area contributed by atoms with Crippen LogP contribution >= 0.6 is 0 Å². The molecule has 10 heteroatoms. The van der Waals surface area contributed by atoms with Crippen molar-refractivity contribution in [2.24, 2.45) is 10.2 Å². The molecule has 136 valence electrons. The number of aromatic hydroxyl groups is 1. The Morgan fingerprint density at radius 1 is 1.30 bits per heavy atom. The molecule has 0 bridgehead atoms. The molecule has 3 aromatic rings. The molecule has 10 nitrogen and oxygen atoms in total. The molecule has 2 heterocycles. The van der Waals surface area contributed by atoms with Crippen molar-refractivity contribution in [3.63, 3.8) is 0 Å². The van der Waals surface area contributed by atoms with Crippen LogP contribution in [-0.4, -0.2) is 31.4 Å². The first-order chi connectivity index (χ1) is 13.0. The van der Waals surface area contributed by atoms with Gasteiger partial charge in [-0.15, -0.1) is 10.2 Å². The van der Waals surface area contributed by atoms with Gasteiger partial charge in [0.25, 0.3) is 5.56 Å². The number of benzene rings is 1. The molecular formula is C17H15N7O3. The summed E-state index contributed by atoms with van der Waals surface area (Å²) in [7, 11) is 0. The number of H-pyrrole nitrogens is 2. The summed E-state index contributed by atoms with van der Waals surface area (Å²) in [6.07, 6.45) is 0.684. The lowest BCUT2D eigenvalue weighted by atomic mass is 10.1. The van der Waals surface area contributed by atoms with Gasteiger partial charge in [0.15, 0.2) is 0 Å². The fourth-order valence-electron chi connectivity index (χ4n) is 2.44. The summed E-state index contributed by atoms with van der Waals surface area (Å²) in [5, 5.41) is 36.2. The summed E-state index contributed by atoms with van der Waals surface area (Å²) in [4.78, 5) is 22.8. The molecule has 3 rings (SSSR count). The Morgan fingerprint density at radius 3 is 2.59 bits per heavy atom. The van der Waals surface area contributed by atoms with E-state index in [4.69, 9.17) is 0 Å². The fourth-order valence-corrected chi connectivity index (χ4v) is 2.44. The number of carbonyl (C=O) groups excluding carboxylic acids is 1. The van der Waals surface area contributed by atoms with E-state index in [1.807, 2.05) is 19.9 Å². The zero-order valence-corrected chi connectivity index (χ0v) is 14.5. The Hall–Kier alpha value is -4.00. The normalized spacial score (nSPS) is 11.2. The number of carbonyl (C=O) groups is 1. The standard InChI is InChI=1S/C17H15N7O3/c1-9(2)13-12(7-18)15(21-19-13)22-20-14-16(26)23-24(17(14)27)11-5-3-10(8-25)4-6-11/h3-6,8-9,27H,1-2H3,(H,19,21)(H,23,26). The highest BCUT2D eigenvalue weighted by Crippen LogP contribution is 2.29. The van der Waals surface area contributed by atoms with E-state index in [0.717, 1.165) is 4.68 Å². The van der Waals surface area contributed by atoms with Gasteiger partial charge in [0, 0.05) is 5.56 Å². The molecule has 0 saturated heterocycles. The zero-order valence-electron chi connectivity index (χ0n) is 14.5. The number of azo groups is 1. The van der Waals surface area contributed by atoms with Crippen LogP contribution in [-0.2, 0) is 0 Å². The van der Waals surface area contributed by atoms with Crippen molar-refractivity contribution in [2.45, 2.75) is 19.8 Å². The summed E-state index contributed by atoms with van der Waals surface area (Å²) >= 11 is 0. The predicted octanol–water partition coefficient (Wildman–Crippen LogP) is 2.82. The van der Waals surface area contributed by atoms with Gasteiger partial charge in [-0.2, -0.15) is 10.4 Å². The molecule has 0 fully saturated rings. The summed E-state index contributed by atoms with van der Waals surface area (Å²) in [6, 6.07) is 8.19. The van der Waals surface area contributed by atoms with Crippen molar-refractivity contribution >= 4 is 17.8 Å². The second-order valence-corrected chi connectivity index (χ2v) is 5.96. The van der Waals surface area contributed by atoms with Crippen LogP contribution in [0, 0.1) is 11.3 Å². The highest BCUT2D eigenvalue weighted by Gasteiger charge is 2.18. The molecule has 0 atom stereocenters. The first-order valence-electron chi connectivity index (χ1n) is 7.96. The van der Waals surface area contributed by atoms with Gasteiger partial charge in [-0.05, 0) is 30.2 Å². The van der Waals surface area contributed by atoms with Crippen LogP contribution in [0.5, 0.6) is 5.88 Å². The maximum atomic E-state index is 12.1. The van der Waals surface area contributed by atoms with Crippen molar-refractivity contribution in [3.8, 4) is 17.6 Å². The molecule has 0 amide bonds.